The monoisotopic (exact) mass is 342 g/mol. The van der Waals surface area contributed by atoms with Gasteiger partial charge in [0.05, 0.1) is 50.2 Å². The van der Waals surface area contributed by atoms with Crippen LogP contribution >= 0.6 is 0 Å². The predicted molar refractivity (Wildman–Crippen MR) is 101 cm³/mol. The third-order valence-corrected chi connectivity index (χ3v) is 6.84. The molecule has 2 aliphatic heterocycles. The minimum absolute atomic E-state index is 0.0556. The summed E-state index contributed by atoms with van der Waals surface area (Å²) in [6.45, 7) is 4.10. The van der Waals surface area contributed by atoms with Crippen molar-refractivity contribution in [2.75, 3.05) is 26.2 Å². The van der Waals surface area contributed by atoms with E-state index in [-0.39, 0.29) is 5.41 Å². The molecular formula is C23H24N3+. The average molecular weight is 342 g/mol. The Balaban J connectivity index is 1.86. The summed E-state index contributed by atoms with van der Waals surface area (Å²) in [5.41, 5.74) is 1.53. The summed E-state index contributed by atoms with van der Waals surface area (Å²) in [5.74, 6) is 0. The first-order chi connectivity index (χ1) is 12.7. The first kappa shape index (κ1) is 16.8. The highest BCUT2D eigenvalue weighted by Crippen LogP contribution is 2.59. The number of nitrogens with zero attached hydrogens (tertiary/aromatic N) is 3. The summed E-state index contributed by atoms with van der Waals surface area (Å²) < 4.78 is 1.01. The molecule has 0 aliphatic carbocycles. The van der Waals surface area contributed by atoms with Crippen LogP contribution in [0, 0.1) is 28.1 Å². The molecular weight excluding hydrogens is 318 g/mol. The van der Waals surface area contributed by atoms with E-state index >= 15 is 0 Å². The van der Waals surface area contributed by atoms with Crippen molar-refractivity contribution in [3.05, 3.63) is 71.8 Å². The molecule has 2 heterocycles. The fraction of sp³-hybridized carbons (Fsp3) is 0.391. The maximum Gasteiger partial charge on any atom is 0.118 e. The van der Waals surface area contributed by atoms with Gasteiger partial charge in [0, 0.05) is 12.8 Å². The highest BCUT2D eigenvalue weighted by Gasteiger charge is 2.66. The quantitative estimate of drug-likeness (QED) is 0.771. The third kappa shape index (κ3) is 2.28. The third-order valence-electron chi connectivity index (χ3n) is 6.84. The van der Waals surface area contributed by atoms with E-state index in [0.29, 0.717) is 6.42 Å². The Labute approximate surface area is 155 Å². The van der Waals surface area contributed by atoms with Crippen molar-refractivity contribution < 1.29 is 4.48 Å². The van der Waals surface area contributed by atoms with Crippen LogP contribution in [-0.2, 0) is 5.41 Å². The van der Waals surface area contributed by atoms with Crippen LogP contribution in [0.15, 0.2) is 60.7 Å². The van der Waals surface area contributed by atoms with Gasteiger partial charge in [-0.25, -0.2) is 0 Å². The van der Waals surface area contributed by atoms with Crippen molar-refractivity contribution in [2.45, 2.75) is 24.7 Å². The van der Waals surface area contributed by atoms with Gasteiger partial charge < -0.3 is 4.48 Å². The number of nitriles is 2. The van der Waals surface area contributed by atoms with Gasteiger partial charge in [0.25, 0.3) is 0 Å². The van der Waals surface area contributed by atoms with Crippen LogP contribution in [0.4, 0.5) is 0 Å². The summed E-state index contributed by atoms with van der Waals surface area (Å²) in [6, 6.07) is 25.8. The summed E-state index contributed by atoms with van der Waals surface area (Å²) >= 11 is 0. The van der Waals surface area contributed by atoms with E-state index in [9.17, 15) is 5.26 Å². The van der Waals surface area contributed by atoms with Crippen LogP contribution in [-0.4, -0.2) is 30.7 Å². The van der Waals surface area contributed by atoms with Crippen molar-refractivity contribution in [3.63, 3.8) is 0 Å². The molecule has 130 valence electrons. The molecule has 0 aromatic heterocycles. The largest absolute Gasteiger partial charge is 0.322 e. The van der Waals surface area contributed by atoms with E-state index < -0.39 is 5.41 Å². The van der Waals surface area contributed by atoms with Crippen LogP contribution in [0.2, 0.25) is 0 Å². The van der Waals surface area contributed by atoms with E-state index in [2.05, 4.69) is 36.4 Å². The molecule has 3 heteroatoms. The molecule has 0 spiro atoms. The van der Waals surface area contributed by atoms with Crippen molar-refractivity contribution >= 4 is 0 Å². The van der Waals surface area contributed by atoms with Gasteiger partial charge >= 0.3 is 0 Å². The summed E-state index contributed by atoms with van der Waals surface area (Å²) in [6.07, 6.45) is 2.71. The molecule has 0 atom stereocenters. The van der Waals surface area contributed by atoms with Crippen molar-refractivity contribution in [1.82, 2.24) is 0 Å². The SMILES string of the molecule is N#CCC[N+]12CCC(C(C#N)(c3ccccc3)c3ccccc3)(CC1)C2. The molecule has 2 aromatic rings. The van der Waals surface area contributed by atoms with Gasteiger partial charge in [-0.15, -0.1) is 0 Å². The first-order valence-electron chi connectivity index (χ1n) is 9.45. The first-order valence-corrected chi connectivity index (χ1v) is 9.45. The molecule has 26 heavy (non-hydrogen) atoms. The molecule has 2 saturated heterocycles. The van der Waals surface area contributed by atoms with Gasteiger partial charge in [0.2, 0.25) is 0 Å². The fourth-order valence-corrected chi connectivity index (χ4v) is 5.58. The van der Waals surface area contributed by atoms with Gasteiger partial charge in [-0.3, -0.25) is 0 Å². The number of piperidine rings is 1. The molecule has 2 fully saturated rings. The zero-order valence-corrected chi connectivity index (χ0v) is 15.1. The molecule has 3 nitrogen and oxygen atoms in total. The van der Waals surface area contributed by atoms with Gasteiger partial charge in [0.15, 0.2) is 0 Å². The van der Waals surface area contributed by atoms with Gasteiger partial charge in [-0.05, 0) is 11.1 Å². The van der Waals surface area contributed by atoms with Gasteiger partial charge in [0.1, 0.15) is 5.41 Å². The molecule has 2 bridgehead atoms. The Hall–Kier alpha value is -2.62. The van der Waals surface area contributed by atoms with E-state index in [1.54, 1.807) is 0 Å². The van der Waals surface area contributed by atoms with Crippen LogP contribution in [0.5, 0.6) is 0 Å². The van der Waals surface area contributed by atoms with Crippen LogP contribution in [0.1, 0.15) is 30.4 Å². The van der Waals surface area contributed by atoms with Crippen molar-refractivity contribution in [1.29, 1.82) is 10.5 Å². The summed E-state index contributed by atoms with van der Waals surface area (Å²) in [4.78, 5) is 0. The topological polar surface area (TPSA) is 47.6 Å². The van der Waals surface area contributed by atoms with Gasteiger partial charge in [-0.1, -0.05) is 60.7 Å². The number of hydrogen-bond donors (Lipinski definition) is 0. The number of quaternary nitrogens is 1. The fourth-order valence-electron chi connectivity index (χ4n) is 5.58. The standard InChI is InChI=1S/C23H24N3/c24-14-7-15-26-16-12-22(19-26,13-17-26)23(18-25,20-8-3-1-4-9-20)21-10-5-2-6-11-21/h1-6,8-11H,7,12-13,15-17,19H2/q+1. The summed E-state index contributed by atoms with van der Waals surface area (Å²) in [5, 5.41) is 19.7. The Bertz CT molecular complexity index is 810. The normalized spacial score (nSPS) is 27.0. The molecule has 0 saturated carbocycles. The molecule has 4 rings (SSSR count). The van der Waals surface area contributed by atoms with E-state index in [0.717, 1.165) is 54.6 Å². The predicted octanol–water partition coefficient (Wildman–Crippen LogP) is 4.02. The Morgan fingerprint density at radius 3 is 1.88 bits per heavy atom. The lowest BCUT2D eigenvalue weighted by Crippen LogP contribution is -2.46. The van der Waals surface area contributed by atoms with E-state index in [4.69, 9.17) is 5.26 Å². The molecule has 2 aromatic carbocycles. The van der Waals surface area contributed by atoms with E-state index in [1.807, 2.05) is 36.4 Å². The summed E-state index contributed by atoms with van der Waals surface area (Å²) in [7, 11) is 0. The highest BCUT2D eigenvalue weighted by molar-refractivity contribution is 5.49. The second-order valence-electron chi connectivity index (χ2n) is 7.95. The number of benzene rings is 2. The zero-order chi connectivity index (χ0) is 18.1. The molecule has 2 aliphatic rings. The molecule has 0 N–H and O–H groups in total. The second-order valence-corrected chi connectivity index (χ2v) is 7.95. The maximum atomic E-state index is 10.6. The minimum atomic E-state index is -0.626. The molecule has 0 unspecified atom stereocenters. The molecule has 0 radical (unpaired) electrons. The highest BCUT2D eigenvalue weighted by atomic mass is 15.4. The smallest absolute Gasteiger partial charge is 0.118 e. The number of rotatable bonds is 5. The lowest BCUT2D eigenvalue weighted by atomic mass is 9.56. The van der Waals surface area contributed by atoms with Crippen molar-refractivity contribution in [2.24, 2.45) is 5.41 Å². The number of fused-ring (bicyclic) bond motifs is 2. The minimum Gasteiger partial charge on any atom is -0.322 e. The Kier molecular flexibility index (Phi) is 4.06. The van der Waals surface area contributed by atoms with E-state index in [1.165, 1.54) is 0 Å². The van der Waals surface area contributed by atoms with Crippen LogP contribution in [0.3, 0.4) is 0 Å². The second kappa shape index (κ2) is 6.27. The van der Waals surface area contributed by atoms with Crippen molar-refractivity contribution in [3.8, 4) is 12.1 Å². The zero-order valence-electron chi connectivity index (χ0n) is 15.1. The van der Waals surface area contributed by atoms with Crippen LogP contribution in [0.25, 0.3) is 0 Å². The number of hydrogen-bond acceptors (Lipinski definition) is 2. The molecule has 0 amide bonds. The van der Waals surface area contributed by atoms with Crippen LogP contribution < -0.4 is 0 Å². The Morgan fingerprint density at radius 2 is 1.42 bits per heavy atom. The van der Waals surface area contributed by atoms with Gasteiger partial charge in [-0.2, -0.15) is 10.5 Å². The maximum absolute atomic E-state index is 10.6. The lowest BCUT2D eigenvalue weighted by Gasteiger charge is -2.41. The lowest BCUT2D eigenvalue weighted by molar-refractivity contribution is -0.909. The average Bonchev–Trinajstić information content (AvgIpc) is 3.27. The Morgan fingerprint density at radius 1 is 0.885 bits per heavy atom.